The summed E-state index contributed by atoms with van der Waals surface area (Å²) in [6.45, 7) is 4.28. The number of para-hydroxylation sites is 2. The normalized spacial score (nSPS) is 11.7. The fourth-order valence-corrected chi connectivity index (χ4v) is 4.42. The molecule has 0 spiro atoms. The zero-order valence-electron chi connectivity index (χ0n) is 16.9. The van der Waals surface area contributed by atoms with Gasteiger partial charge in [-0.3, -0.25) is 4.57 Å². The molecule has 4 heteroatoms. The Kier molecular flexibility index (Phi) is 3.56. The van der Waals surface area contributed by atoms with Gasteiger partial charge in [0.1, 0.15) is 11.5 Å². The van der Waals surface area contributed by atoms with E-state index in [9.17, 15) is 0 Å². The van der Waals surface area contributed by atoms with Gasteiger partial charge in [-0.2, -0.15) is 0 Å². The SMILES string of the molecule is Cc1cccc(C)c1-n1ccnc1-c1ccc2cn3c(cc4ccccc43)nc2c1. The molecule has 0 bridgehead atoms. The molecule has 3 heterocycles. The van der Waals surface area contributed by atoms with Gasteiger partial charge in [-0.25, -0.2) is 9.97 Å². The molecule has 0 amide bonds. The summed E-state index contributed by atoms with van der Waals surface area (Å²) in [6.07, 6.45) is 6.06. The third-order valence-electron chi connectivity index (χ3n) is 5.84. The second kappa shape index (κ2) is 6.29. The van der Waals surface area contributed by atoms with E-state index < -0.39 is 0 Å². The lowest BCUT2D eigenvalue weighted by Gasteiger charge is -2.14. The van der Waals surface area contributed by atoms with Gasteiger partial charge in [0.25, 0.3) is 0 Å². The number of hydrogen-bond acceptors (Lipinski definition) is 2. The van der Waals surface area contributed by atoms with Crippen molar-refractivity contribution >= 4 is 27.5 Å². The molecule has 30 heavy (non-hydrogen) atoms. The van der Waals surface area contributed by atoms with Crippen molar-refractivity contribution in [3.63, 3.8) is 0 Å². The standard InChI is InChI=1S/C26H20N4/c1-17-6-5-7-18(2)25(17)29-13-12-27-26(29)20-10-11-21-16-30-23-9-4-3-8-19(23)15-24(30)28-22(21)14-20/h3-16H,1-2H3. The minimum absolute atomic E-state index is 0.927. The molecule has 3 aromatic heterocycles. The molecule has 3 aromatic carbocycles. The maximum atomic E-state index is 4.95. The number of nitrogens with zero attached hydrogens (tertiary/aromatic N) is 4. The highest BCUT2D eigenvalue weighted by Crippen LogP contribution is 2.29. The highest BCUT2D eigenvalue weighted by Gasteiger charge is 2.13. The van der Waals surface area contributed by atoms with Crippen molar-refractivity contribution in [1.82, 2.24) is 18.9 Å². The Morgan fingerprint density at radius 2 is 1.63 bits per heavy atom. The van der Waals surface area contributed by atoms with E-state index in [2.05, 4.69) is 101 Å². The quantitative estimate of drug-likeness (QED) is 0.359. The molecule has 0 saturated heterocycles. The molecule has 0 fully saturated rings. The Bertz CT molecular complexity index is 1550. The van der Waals surface area contributed by atoms with E-state index in [1.165, 1.54) is 27.7 Å². The van der Waals surface area contributed by atoms with Gasteiger partial charge in [0.05, 0.1) is 16.7 Å². The molecule has 0 saturated carbocycles. The molecule has 6 rings (SSSR count). The summed E-state index contributed by atoms with van der Waals surface area (Å²) < 4.78 is 4.34. The number of benzene rings is 3. The van der Waals surface area contributed by atoms with Crippen LogP contribution in [0.15, 0.2) is 85.3 Å². The van der Waals surface area contributed by atoms with Crippen LogP contribution in [-0.2, 0) is 0 Å². The maximum Gasteiger partial charge on any atom is 0.144 e. The minimum Gasteiger partial charge on any atom is -0.301 e. The first-order valence-corrected chi connectivity index (χ1v) is 10.1. The van der Waals surface area contributed by atoms with E-state index in [1.807, 2.05) is 12.4 Å². The van der Waals surface area contributed by atoms with Gasteiger partial charge in [0, 0.05) is 34.9 Å². The molecule has 144 valence electrons. The topological polar surface area (TPSA) is 35.1 Å². The Morgan fingerprint density at radius 3 is 2.50 bits per heavy atom. The first-order valence-electron chi connectivity index (χ1n) is 10.1. The number of rotatable bonds is 2. The molecule has 0 aliphatic carbocycles. The van der Waals surface area contributed by atoms with Crippen molar-refractivity contribution in [3.8, 4) is 17.1 Å². The molecule has 0 aliphatic heterocycles. The molecule has 0 atom stereocenters. The summed E-state index contributed by atoms with van der Waals surface area (Å²) in [5, 5.41) is 2.31. The van der Waals surface area contributed by atoms with Crippen LogP contribution in [0.2, 0.25) is 0 Å². The fraction of sp³-hybridized carbons (Fsp3) is 0.0769. The third kappa shape index (κ3) is 2.47. The van der Waals surface area contributed by atoms with Crippen LogP contribution in [0.5, 0.6) is 0 Å². The molecule has 6 aromatic rings. The van der Waals surface area contributed by atoms with Crippen molar-refractivity contribution < 1.29 is 0 Å². The van der Waals surface area contributed by atoms with E-state index in [-0.39, 0.29) is 0 Å². The molecule has 0 N–H and O–H groups in total. The Balaban J connectivity index is 1.55. The van der Waals surface area contributed by atoms with Crippen LogP contribution in [0.1, 0.15) is 11.1 Å². The van der Waals surface area contributed by atoms with E-state index in [0.29, 0.717) is 0 Å². The lowest BCUT2D eigenvalue weighted by Crippen LogP contribution is -2.01. The van der Waals surface area contributed by atoms with Crippen LogP contribution in [0, 0.1) is 13.8 Å². The molecular weight excluding hydrogens is 368 g/mol. The zero-order chi connectivity index (χ0) is 20.2. The summed E-state index contributed by atoms with van der Waals surface area (Å²) in [4.78, 5) is 9.63. The highest BCUT2D eigenvalue weighted by molar-refractivity contribution is 5.91. The van der Waals surface area contributed by atoms with Crippen LogP contribution >= 0.6 is 0 Å². The second-order valence-electron chi connectivity index (χ2n) is 7.81. The van der Waals surface area contributed by atoms with Crippen molar-refractivity contribution in [3.05, 3.63) is 96.4 Å². The molecular formula is C26H20N4. The number of aromatic nitrogens is 4. The zero-order valence-corrected chi connectivity index (χ0v) is 16.9. The smallest absolute Gasteiger partial charge is 0.144 e. The summed E-state index contributed by atoms with van der Waals surface area (Å²) >= 11 is 0. The lowest BCUT2D eigenvalue weighted by atomic mass is 10.1. The van der Waals surface area contributed by atoms with Crippen molar-refractivity contribution in [2.45, 2.75) is 13.8 Å². The van der Waals surface area contributed by atoms with Gasteiger partial charge in [-0.15, -0.1) is 0 Å². The summed E-state index contributed by atoms with van der Waals surface area (Å²) in [7, 11) is 0. The highest BCUT2D eigenvalue weighted by atomic mass is 15.1. The van der Waals surface area contributed by atoms with Gasteiger partial charge in [0.2, 0.25) is 0 Å². The maximum absolute atomic E-state index is 4.95. The average Bonchev–Trinajstić information content (AvgIpc) is 3.36. The van der Waals surface area contributed by atoms with Crippen LogP contribution in [0.25, 0.3) is 44.5 Å². The number of imidazole rings is 1. The Hall–Kier alpha value is -3.92. The van der Waals surface area contributed by atoms with Crippen LogP contribution in [-0.4, -0.2) is 18.9 Å². The van der Waals surface area contributed by atoms with Gasteiger partial charge in [0.15, 0.2) is 0 Å². The fourth-order valence-electron chi connectivity index (χ4n) is 4.42. The van der Waals surface area contributed by atoms with Gasteiger partial charge in [-0.05, 0) is 43.2 Å². The second-order valence-corrected chi connectivity index (χ2v) is 7.81. The predicted molar refractivity (Wildman–Crippen MR) is 122 cm³/mol. The lowest BCUT2D eigenvalue weighted by molar-refractivity contribution is 1.03. The predicted octanol–water partition coefficient (Wildman–Crippen LogP) is 6.11. The van der Waals surface area contributed by atoms with E-state index in [1.54, 1.807) is 0 Å². The third-order valence-corrected chi connectivity index (χ3v) is 5.84. The van der Waals surface area contributed by atoms with Gasteiger partial charge in [-0.1, -0.05) is 48.5 Å². The number of hydrogen-bond donors (Lipinski definition) is 0. The van der Waals surface area contributed by atoms with Crippen LogP contribution < -0.4 is 0 Å². The van der Waals surface area contributed by atoms with Crippen LogP contribution in [0.3, 0.4) is 0 Å². The molecule has 0 unspecified atom stereocenters. The first kappa shape index (κ1) is 17.0. The Labute approximate surface area is 174 Å². The molecule has 4 nitrogen and oxygen atoms in total. The minimum atomic E-state index is 0.927. The van der Waals surface area contributed by atoms with Crippen molar-refractivity contribution in [2.24, 2.45) is 0 Å². The van der Waals surface area contributed by atoms with Crippen molar-refractivity contribution in [2.75, 3.05) is 0 Å². The number of aryl methyl sites for hydroxylation is 2. The summed E-state index contributed by atoms with van der Waals surface area (Å²) in [6, 6.07) is 23.3. The van der Waals surface area contributed by atoms with Crippen LogP contribution in [0.4, 0.5) is 0 Å². The summed E-state index contributed by atoms with van der Waals surface area (Å²) in [5.41, 5.74) is 7.81. The van der Waals surface area contributed by atoms with Gasteiger partial charge < -0.3 is 4.40 Å². The van der Waals surface area contributed by atoms with E-state index >= 15 is 0 Å². The summed E-state index contributed by atoms with van der Waals surface area (Å²) in [5.74, 6) is 0.927. The van der Waals surface area contributed by atoms with E-state index in [4.69, 9.17) is 4.98 Å². The Morgan fingerprint density at radius 1 is 0.800 bits per heavy atom. The van der Waals surface area contributed by atoms with E-state index in [0.717, 1.165) is 27.9 Å². The molecule has 0 aliphatic rings. The van der Waals surface area contributed by atoms with Crippen molar-refractivity contribution in [1.29, 1.82) is 0 Å². The molecule has 0 radical (unpaired) electrons. The largest absolute Gasteiger partial charge is 0.301 e. The van der Waals surface area contributed by atoms with Gasteiger partial charge >= 0.3 is 0 Å². The number of fused-ring (bicyclic) bond motifs is 4. The monoisotopic (exact) mass is 388 g/mol. The average molecular weight is 388 g/mol. The first-order chi connectivity index (χ1) is 14.7.